The van der Waals surface area contributed by atoms with Crippen molar-refractivity contribution in [1.82, 2.24) is 14.8 Å². The number of rotatable bonds is 10. The van der Waals surface area contributed by atoms with E-state index < -0.39 is 6.36 Å². The number of aliphatic imine (C=N–C) groups is 1. The standard InChI is InChI=1S/C34H34F3N5O2S2/c1-21(2)28-16-6-22(3)17-29(28)42-31(43)19-46-33(42)39-30(45)18-23(4)5-7-24-8-10-25(11-9-24)32-38-20-41(40-32)26-12-14-27(15-13-26)44-34(35,36)37/h6,8-17,20-21,23H,5,7,18-19H2,1-4H3. The summed E-state index contributed by atoms with van der Waals surface area (Å²) in [6, 6.07) is 19.6. The number of ether oxygens (including phenoxy) is 1. The number of carbonyl (C=O) groups is 1. The van der Waals surface area contributed by atoms with E-state index in [-0.39, 0.29) is 17.6 Å². The van der Waals surface area contributed by atoms with Crippen LogP contribution in [0.5, 0.6) is 5.75 Å². The lowest BCUT2D eigenvalue weighted by Gasteiger charge is -2.22. The number of hydrogen-bond donors (Lipinski definition) is 0. The summed E-state index contributed by atoms with van der Waals surface area (Å²) in [5.41, 5.74) is 5.63. The minimum atomic E-state index is -4.74. The lowest BCUT2D eigenvalue weighted by atomic mass is 9.97. The Morgan fingerprint density at radius 3 is 2.46 bits per heavy atom. The smallest absolute Gasteiger partial charge is 0.406 e. The van der Waals surface area contributed by atoms with Gasteiger partial charge in [-0.15, -0.1) is 18.3 Å². The van der Waals surface area contributed by atoms with Crippen LogP contribution in [-0.2, 0) is 11.2 Å². The van der Waals surface area contributed by atoms with Gasteiger partial charge in [-0.1, -0.05) is 81.1 Å². The fourth-order valence-electron chi connectivity index (χ4n) is 5.12. The zero-order valence-electron chi connectivity index (χ0n) is 25.9. The van der Waals surface area contributed by atoms with E-state index in [4.69, 9.17) is 17.2 Å². The largest absolute Gasteiger partial charge is 0.573 e. The molecular weight excluding hydrogens is 632 g/mol. The summed E-state index contributed by atoms with van der Waals surface area (Å²) in [7, 11) is 0. The molecule has 0 spiro atoms. The van der Waals surface area contributed by atoms with Gasteiger partial charge in [-0.2, -0.15) is 0 Å². The first-order valence-corrected chi connectivity index (χ1v) is 16.3. The van der Waals surface area contributed by atoms with Crippen LogP contribution in [0.4, 0.5) is 18.9 Å². The first-order valence-electron chi connectivity index (χ1n) is 14.9. The molecule has 1 saturated heterocycles. The summed E-state index contributed by atoms with van der Waals surface area (Å²) in [5, 5.41) is 5.12. The van der Waals surface area contributed by atoms with Gasteiger partial charge in [0.25, 0.3) is 0 Å². The molecule has 0 saturated carbocycles. The molecule has 12 heteroatoms. The molecule has 5 rings (SSSR count). The number of thiocarbonyl (C=S) groups is 1. The molecule has 4 aromatic rings. The number of aryl methyl sites for hydroxylation is 2. The fraction of sp³-hybridized carbons (Fsp3) is 0.324. The predicted molar refractivity (Wildman–Crippen MR) is 181 cm³/mol. The Kier molecular flexibility index (Phi) is 10.3. The third kappa shape index (κ3) is 8.41. The average molecular weight is 666 g/mol. The molecular formula is C34H34F3N5O2S2. The van der Waals surface area contributed by atoms with Gasteiger partial charge in [0.15, 0.2) is 11.0 Å². The molecule has 0 aliphatic carbocycles. The third-order valence-corrected chi connectivity index (χ3v) is 8.70. The maximum absolute atomic E-state index is 12.9. The molecule has 1 aromatic heterocycles. The van der Waals surface area contributed by atoms with E-state index in [0.29, 0.717) is 39.8 Å². The number of thioether (sulfide) groups is 1. The van der Waals surface area contributed by atoms with Crippen molar-refractivity contribution in [3.05, 3.63) is 89.7 Å². The predicted octanol–water partition coefficient (Wildman–Crippen LogP) is 8.69. The molecule has 3 aromatic carbocycles. The SMILES string of the molecule is Cc1ccc(C(C)C)c(N2C(=O)CSC2=NC(=S)CC(C)CCc2ccc(-c3ncn(-c4ccc(OC(F)(F)F)cc4)n3)cc2)c1. The summed E-state index contributed by atoms with van der Waals surface area (Å²) >= 11 is 7.11. The van der Waals surface area contributed by atoms with Crippen molar-refractivity contribution in [3.63, 3.8) is 0 Å². The van der Waals surface area contributed by atoms with E-state index in [0.717, 1.165) is 40.8 Å². The molecule has 0 bridgehead atoms. The van der Waals surface area contributed by atoms with Gasteiger partial charge < -0.3 is 4.74 Å². The third-order valence-electron chi connectivity index (χ3n) is 7.52. The van der Waals surface area contributed by atoms with Crippen LogP contribution in [0.2, 0.25) is 0 Å². The van der Waals surface area contributed by atoms with Gasteiger partial charge >= 0.3 is 6.36 Å². The number of nitrogens with zero attached hydrogens (tertiary/aromatic N) is 5. The summed E-state index contributed by atoms with van der Waals surface area (Å²) in [6.07, 6.45) is -0.811. The molecule has 1 aliphatic heterocycles. The highest BCUT2D eigenvalue weighted by Crippen LogP contribution is 2.34. The molecule has 0 N–H and O–H groups in total. The van der Waals surface area contributed by atoms with Crippen LogP contribution >= 0.6 is 24.0 Å². The van der Waals surface area contributed by atoms with Gasteiger partial charge in [0.2, 0.25) is 5.91 Å². The zero-order valence-corrected chi connectivity index (χ0v) is 27.5. The highest BCUT2D eigenvalue weighted by molar-refractivity contribution is 8.15. The van der Waals surface area contributed by atoms with Gasteiger partial charge in [-0.05, 0) is 78.6 Å². The Morgan fingerprint density at radius 1 is 1.07 bits per heavy atom. The Morgan fingerprint density at radius 2 is 1.78 bits per heavy atom. The monoisotopic (exact) mass is 665 g/mol. The average Bonchev–Trinajstić information content (AvgIpc) is 3.63. The van der Waals surface area contributed by atoms with Crippen LogP contribution in [0.3, 0.4) is 0 Å². The quantitative estimate of drug-likeness (QED) is 0.158. The van der Waals surface area contributed by atoms with E-state index >= 15 is 0 Å². The van der Waals surface area contributed by atoms with Crippen LogP contribution in [0.15, 0.2) is 78.0 Å². The number of amidine groups is 1. The number of aromatic nitrogens is 3. The lowest BCUT2D eigenvalue weighted by molar-refractivity contribution is -0.274. The van der Waals surface area contributed by atoms with Crippen LogP contribution in [0.25, 0.3) is 17.1 Å². The normalized spacial score (nSPS) is 15.2. The second-order valence-electron chi connectivity index (χ2n) is 11.6. The van der Waals surface area contributed by atoms with Gasteiger partial charge in [0.1, 0.15) is 17.1 Å². The highest BCUT2D eigenvalue weighted by Gasteiger charge is 2.32. The van der Waals surface area contributed by atoms with E-state index in [9.17, 15) is 18.0 Å². The molecule has 46 heavy (non-hydrogen) atoms. The van der Waals surface area contributed by atoms with Crippen molar-refractivity contribution in [2.75, 3.05) is 10.7 Å². The van der Waals surface area contributed by atoms with Crippen molar-refractivity contribution < 1.29 is 22.7 Å². The number of hydrogen-bond acceptors (Lipinski definition) is 6. The topological polar surface area (TPSA) is 72.6 Å². The van der Waals surface area contributed by atoms with Crippen LogP contribution in [0, 0.1) is 12.8 Å². The van der Waals surface area contributed by atoms with Gasteiger partial charge in [-0.3, -0.25) is 9.69 Å². The molecule has 1 atom stereocenters. The Bertz CT molecular complexity index is 1730. The number of carbonyl (C=O) groups excluding carboxylic acids is 1. The molecule has 240 valence electrons. The number of benzene rings is 3. The first-order chi connectivity index (χ1) is 21.9. The van der Waals surface area contributed by atoms with E-state index in [1.807, 2.05) is 37.3 Å². The fourth-order valence-corrected chi connectivity index (χ4v) is 6.44. The van der Waals surface area contributed by atoms with E-state index in [1.165, 1.54) is 47.0 Å². The number of anilines is 1. The molecule has 1 aliphatic rings. The van der Waals surface area contributed by atoms with Crippen molar-refractivity contribution in [3.8, 4) is 22.8 Å². The Labute approximate surface area is 275 Å². The molecule has 2 heterocycles. The maximum atomic E-state index is 12.9. The number of alkyl halides is 3. The second kappa shape index (κ2) is 14.2. The minimum Gasteiger partial charge on any atom is -0.406 e. The van der Waals surface area contributed by atoms with Gasteiger partial charge in [-0.25, -0.2) is 14.7 Å². The second-order valence-corrected chi connectivity index (χ2v) is 13.0. The Hall–Kier alpha value is -4.03. The molecule has 7 nitrogen and oxygen atoms in total. The molecule has 1 amide bonds. The van der Waals surface area contributed by atoms with Crippen LogP contribution in [0.1, 0.15) is 56.2 Å². The number of amides is 1. The first kappa shape index (κ1) is 33.3. The minimum absolute atomic E-state index is 0.0196. The highest BCUT2D eigenvalue weighted by atomic mass is 32.2. The maximum Gasteiger partial charge on any atom is 0.573 e. The lowest BCUT2D eigenvalue weighted by Crippen LogP contribution is -2.31. The summed E-state index contributed by atoms with van der Waals surface area (Å²) in [4.78, 5) is 24.3. The van der Waals surface area contributed by atoms with Gasteiger partial charge in [0.05, 0.1) is 17.1 Å². The summed E-state index contributed by atoms with van der Waals surface area (Å²) in [6.45, 7) is 8.42. The van der Waals surface area contributed by atoms with Crippen molar-refractivity contribution in [2.24, 2.45) is 10.9 Å². The van der Waals surface area contributed by atoms with Crippen LogP contribution < -0.4 is 9.64 Å². The van der Waals surface area contributed by atoms with Gasteiger partial charge in [0, 0.05) is 12.0 Å². The molecule has 1 unspecified atom stereocenters. The summed E-state index contributed by atoms with van der Waals surface area (Å²) in [5.74, 6) is 1.13. The Balaban J connectivity index is 1.16. The van der Waals surface area contributed by atoms with E-state index in [1.54, 1.807) is 4.90 Å². The van der Waals surface area contributed by atoms with Crippen LogP contribution in [-0.4, -0.2) is 42.9 Å². The summed E-state index contributed by atoms with van der Waals surface area (Å²) < 4.78 is 42.7. The van der Waals surface area contributed by atoms with Crippen molar-refractivity contribution >= 4 is 45.7 Å². The molecule has 1 fully saturated rings. The van der Waals surface area contributed by atoms with Crippen molar-refractivity contribution in [1.29, 1.82) is 0 Å². The number of halogens is 3. The zero-order chi connectivity index (χ0) is 33.0. The molecule has 0 radical (unpaired) electrons. The van der Waals surface area contributed by atoms with Crippen molar-refractivity contribution in [2.45, 2.75) is 59.2 Å². The van der Waals surface area contributed by atoms with E-state index in [2.05, 4.69) is 47.7 Å².